The monoisotopic (exact) mass is 272 g/mol. The van der Waals surface area contributed by atoms with Gasteiger partial charge in [0, 0.05) is 22.1 Å². The number of thioether (sulfide) groups is 1. The molecule has 1 heterocycles. The van der Waals surface area contributed by atoms with Crippen LogP contribution in [0.2, 0.25) is 0 Å². The van der Waals surface area contributed by atoms with E-state index < -0.39 is 0 Å². The summed E-state index contributed by atoms with van der Waals surface area (Å²) < 4.78 is 0.982. The van der Waals surface area contributed by atoms with Gasteiger partial charge in [-0.2, -0.15) is 0 Å². The summed E-state index contributed by atoms with van der Waals surface area (Å²) in [5.74, 6) is 0.924. The van der Waals surface area contributed by atoms with Crippen LogP contribution in [0.1, 0.15) is 6.42 Å². The zero-order valence-electron chi connectivity index (χ0n) is 7.43. The van der Waals surface area contributed by atoms with E-state index >= 15 is 0 Å². The minimum atomic E-state index is 0.556. The van der Waals surface area contributed by atoms with Crippen molar-refractivity contribution in [3.63, 3.8) is 0 Å². The first-order valence-electron chi connectivity index (χ1n) is 4.08. The first-order valence-corrected chi connectivity index (χ1v) is 5.86. The average Bonchev–Trinajstić information content (AvgIpc) is 2.21. The van der Waals surface area contributed by atoms with Crippen molar-refractivity contribution in [2.24, 2.45) is 5.11 Å². The number of aromatic nitrogens is 1. The lowest BCUT2D eigenvalue weighted by molar-refractivity contribution is 0.929. The van der Waals surface area contributed by atoms with Crippen LogP contribution in [-0.2, 0) is 0 Å². The molecule has 0 atom stereocenters. The predicted molar refractivity (Wildman–Crippen MR) is 61.3 cm³/mol. The summed E-state index contributed by atoms with van der Waals surface area (Å²) in [5.41, 5.74) is 8.05. The van der Waals surface area contributed by atoms with Crippen LogP contribution in [0.5, 0.6) is 0 Å². The minimum Gasteiger partial charge on any atom is -0.249 e. The molecule has 1 rings (SSSR count). The number of halogens is 1. The molecule has 0 saturated heterocycles. The molecule has 1 aromatic rings. The van der Waals surface area contributed by atoms with Gasteiger partial charge < -0.3 is 0 Å². The van der Waals surface area contributed by atoms with Crippen LogP contribution >= 0.6 is 27.7 Å². The van der Waals surface area contributed by atoms with Crippen molar-refractivity contribution < 1.29 is 0 Å². The zero-order valence-corrected chi connectivity index (χ0v) is 9.83. The van der Waals surface area contributed by atoms with E-state index in [9.17, 15) is 0 Å². The lowest BCUT2D eigenvalue weighted by Crippen LogP contribution is -1.85. The van der Waals surface area contributed by atoms with E-state index in [1.807, 2.05) is 12.1 Å². The summed E-state index contributed by atoms with van der Waals surface area (Å²) in [6.07, 6.45) is 2.65. The Kier molecular flexibility index (Phi) is 5.44. The van der Waals surface area contributed by atoms with Crippen molar-refractivity contribution in [2.45, 2.75) is 11.4 Å². The summed E-state index contributed by atoms with van der Waals surface area (Å²) in [5, 5.41) is 4.45. The van der Waals surface area contributed by atoms with Gasteiger partial charge >= 0.3 is 0 Å². The largest absolute Gasteiger partial charge is 0.249 e. The third-order valence-corrected chi connectivity index (χ3v) is 2.92. The van der Waals surface area contributed by atoms with Crippen LogP contribution in [0.15, 0.2) is 32.9 Å². The van der Waals surface area contributed by atoms with E-state index in [2.05, 4.69) is 30.9 Å². The third-order valence-electron chi connectivity index (χ3n) is 1.42. The Morgan fingerprint density at radius 1 is 1.57 bits per heavy atom. The maximum atomic E-state index is 8.05. The van der Waals surface area contributed by atoms with Crippen LogP contribution < -0.4 is 0 Å². The van der Waals surface area contributed by atoms with Gasteiger partial charge in [0.05, 0.1) is 5.03 Å². The number of nitrogens with zero attached hydrogens (tertiary/aromatic N) is 4. The smallest absolute Gasteiger partial charge is 0.0960 e. The van der Waals surface area contributed by atoms with Gasteiger partial charge in [0.2, 0.25) is 0 Å². The Hall–Kier alpha value is -0.710. The first kappa shape index (κ1) is 11.4. The highest BCUT2D eigenvalue weighted by molar-refractivity contribution is 9.10. The van der Waals surface area contributed by atoms with Crippen LogP contribution in [0, 0.1) is 0 Å². The molecule has 0 spiro atoms. The SMILES string of the molecule is [N-]=[N+]=NCCCSc1ccc(Br)cn1. The highest BCUT2D eigenvalue weighted by Gasteiger charge is 1.94. The number of rotatable bonds is 5. The standard InChI is InChI=1S/C8H9BrN4S/c9-7-2-3-8(11-6-7)14-5-1-4-12-13-10/h2-3,6H,1,4-5H2. The highest BCUT2D eigenvalue weighted by Crippen LogP contribution is 2.17. The fourth-order valence-electron chi connectivity index (χ4n) is 0.804. The Morgan fingerprint density at radius 2 is 2.43 bits per heavy atom. The molecular formula is C8H9BrN4S. The summed E-state index contributed by atoms with van der Waals surface area (Å²) in [4.78, 5) is 6.89. The Bertz CT molecular complexity index is 321. The Labute approximate surface area is 94.9 Å². The average molecular weight is 273 g/mol. The van der Waals surface area contributed by atoms with Gasteiger partial charge in [-0.1, -0.05) is 5.11 Å². The normalized spacial score (nSPS) is 9.50. The van der Waals surface area contributed by atoms with Crippen LogP contribution in [0.25, 0.3) is 10.4 Å². The molecule has 14 heavy (non-hydrogen) atoms. The summed E-state index contributed by atoms with van der Waals surface area (Å²) in [6.45, 7) is 0.556. The summed E-state index contributed by atoms with van der Waals surface area (Å²) in [7, 11) is 0. The van der Waals surface area contributed by atoms with E-state index in [1.165, 1.54) is 0 Å². The van der Waals surface area contributed by atoms with E-state index in [0.29, 0.717) is 6.54 Å². The topological polar surface area (TPSA) is 61.7 Å². The number of azide groups is 1. The van der Waals surface area contributed by atoms with E-state index in [0.717, 1.165) is 21.7 Å². The maximum absolute atomic E-state index is 8.05. The van der Waals surface area contributed by atoms with Gasteiger partial charge in [0.15, 0.2) is 0 Å². The highest BCUT2D eigenvalue weighted by atomic mass is 79.9. The van der Waals surface area contributed by atoms with Crippen LogP contribution in [-0.4, -0.2) is 17.3 Å². The fourth-order valence-corrected chi connectivity index (χ4v) is 1.81. The summed E-state index contributed by atoms with van der Waals surface area (Å²) in [6, 6.07) is 3.92. The minimum absolute atomic E-state index is 0.556. The second kappa shape index (κ2) is 6.70. The Morgan fingerprint density at radius 3 is 3.07 bits per heavy atom. The zero-order chi connectivity index (χ0) is 10.2. The maximum Gasteiger partial charge on any atom is 0.0960 e. The third kappa shape index (κ3) is 4.50. The van der Waals surface area contributed by atoms with Crippen molar-refractivity contribution in [2.75, 3.05) is 12.3 Å². The molecule has 0 bridgehead atoms. The molecule has 6 heteroatoms. The van der Waals surface area contributed by atoms with Gasteiger partial charge in [-0.3, -0.25) is 0 Å². The number of pyridine rings is 1. The molecule has 4 nitrogen and oxygen atoms in total. The quantitative estimate of drug-likeness (QED) is 0.270. The van der Waals surface area contributed by atoms with Crippen molar-refractivity contribution in [1.29, 1.82) is 0 Å². The molecule has 1 aromatic heterocycles. The van der Waals surface area contributed by atoms with Gasteiger partial charge in [0.1, 0.15) is 0 Å². The van der Waals surface area contributed by atoms with Crippen molar-refractivity contribution in [3.05, 3.63) is 33.2 Å². The number of hydrogen-bond donors (Lipinski definition) is 0. The van der Waals surface area contributed by atoms with Crippen molar-refractivity contribution in [3.8, 4) is 0 Å². The molecule has 0 fully saturated rings. The van der Waals surface area contributed by atoms with E-state index in [-0.39, 0.29) is 0 Å². The molecule has 0 aliphatic heterocycles. The van der Waals surface area contributed by atoms with E-state index in [4.69, 9.17) is 5.53 Å². The van der Waals surface area contributed by atoms with Crippen LogP contribution in [0.4, 0.5) is 0 Å². The lowest BCUT2D eigenvalue weighted by atomic mass is 10.5. The van der Waals surface area contributed by atoms with Gasteiger partial charge in [0.25, 0.3) is 0 Å². The molecule has 0 unspecified atom stereocenters. The second-order valence-electron chi connectivity index (χ2n) is 2.47. The first-order chi connectivity index (χ1) is 6.83. The van der Waals surface area contributed by atoms with Gasteiger partial charge in [-0.15, -0.1) is 11.8 Å². The molecule has 0 amide bonds. The van der Waals surface area contributed by atoms with E-state index in [1.54, 1.807) is 18.0 Å². The summed E-state index contributed by atoms with van der Waals surface area (Å²) >= 11 is 4.99. The molecular weight excluding hydrogens is 264 g/mol. The van der Waals surface area contributed by atoms with Crippen molar-refractivity contribution >= 4 is 27.7 Å². The van der Waals surface area contributed by atoms with Gasteiger partial charge in [-0.05, 0) is 45.8 Å². The number of hydrogen-bond acceptors (Lipinski definition) is 3. The molecule has 0 aliphatic carbocycles. The predicted octanol–water partition coefficient (Wildman–Crippen LogP) is 3.64. The molecule has 0 aromatic carbocycles. The molecule has 0 aliphatic rings. The Balaban J connectivity index is 2.24. The fraction of sp³-hybridized carbons (Fsp3) is 0.375. The second-order valence-corrected chi connectivity index (χ2v) is 4.50. The molecule has 0 saturated carbocycles. The molecule has 0 radical (unpaired) electrons. The van der Waals surface area contributed by atoms with Crippen LogP contribution in [0.3, 0.4) is 0 Å². The molecule has 74 valence electrons. The molecule has 0 N–H and O–H groups in total. The van der Waals surface area contributed by atoms with Gasteiger partial charge in [-0.25, -0.2) is 4.98 Å². The lowest BCUT2D eigenvalue weighted by Gasteiger charge is -1.98. The van der Waals surface area contributed by atoms with Crippen molar-refractivity contribution in [1.82, 2.24) is 4.98 Å².